The van der Waals surface area contributed by atoms with Gasteiger partial charge in [0.15, 0.2) is 0 Å². The Hall–Kier alpha value is -2.38. The molecule has 0 aromatic heterocycles. The van der Waals surface area contributed by atoms with Crippen LogP contribution in [0.5, 0.6) is 0 Å². The van der Waals surface area contributed by atoms with Crippen LogP contribution in [0, 0.1) is 0 Å². The number of benzene rings is 2. The number of alkyl halides is 3. The molecule has 1 spiro atoms. The van der Waals surface area contributed by atoms with E-state index in [0.717, 1.165) is 44.8 Å². The molecule has 2 heterocycles. The maximum atomic E-state index is 12.9. The molecule has 1 N–H and O–H groups in total. The fraction of sp³-hybridized carbons (Fsp3) is 0.458. The van der Waals surface area contributed by atoms with Gasteiger partial charge in [0.05, 0.1) is 17.3 Å². The summed E-state index contributed by atoms with van der Waals surface area (Å²) in [4.78, 5) is 14.4. The zero-order valence-corrected chi connectivity index (χ0v) is 17.3. The van der Waals surface area contributed by atoms with E-state index >= 15 is 0 Å². The van der Waals surface area contributed by atoms with Gasteiger partial charge < -0.3 is 10.1 Å². The van der Waals surface area contributed by atoms with Crippen LogP contribution in [0.25, 0.3) is 0 Å². The van der Waals surface area contributed by atoms with E-state index < -0.39 is 11.7 Å². The predicted molar refractivity (Wildman–Crippen MR) is 112 cm³/mol. The number of nitrogens with one attached hydrogen (secondary N) is 1. The van der Waals surface area contributed by atoms with E-state index in [2.05, 4.69) is 10.2 Å². The van der Waals surface area contributed by atoms with Crippen molar-refractivity contribution in [2.75, 3.05) is 19.6 Å². The first-order valence-electron chi connectivity index (χ1n) is 10.7. The maximum absolute atomic E-state index is 12.9. The Balaban J connectivity index is 1.25. The van der Waals surface area contributed by atoms with Crippen LogP contribution in [0.4, 0.5) is 13.2 Å². The van der Waals surface area contributed by atoms with E-state index in [4.69, 9.17) is 4.74 Å². The van der Waals surface area contributed by atoms with Gasteiger partial charge >= 0.3 is 6.18 Å². The van der Waals surface area contributed by atoms with E-state index in [1.54, 1.807) is 18.2 Å². The Labute approximate surface area is 180 Å². The Morgan fingerprint density at radius 3 is 2.52 bits per heavy atom. The molecular weight excluding hydrogens is 405 g/mol. The molecule has 0 radical (unpaired) electrons. The second kappa shape index (κ2) is 9.01. The number of hydrogen-bond acceptors (Lipinski definition) is 3. The van der Waals surface area contributed by atoms with E-state index in [-0.39, 0.29) is 17.6 Å². The summed E-state index contributed by atoms with van der Waals surface area (Å²) >= 11 is 0. The molecule has 4 nitrogen and oxygen atoms in total. The van der Waals surface area contributed by atoms with Crippen LogP contribution in [0.2, 0.25) is 0 Å². The molecule has 1 atom stereocenters. The molecule has 7 heteroatoms. The highest BCUT2D eigenvalue weighted by atomic mass is 19.4. The van der Waals surface area contributed by atoms with Crippen molar-refractivity contribution in [1.82, 2.24) is 10.2 Å². The first-order chi connectivity index (χ1) is 14.8. The number of carbonyl (C=O) groups excluding carboxylic acids is 1. The minimum absolute atomic E-state index is 0.00248. The largest absolute Gasteiger partial charge is 0.416 e. The molecule has 166 valence electrons. The Kier molecular flexibility index (Phi) is 6.34. The molecule has 1 amide bonds. The number of carbonyl (C=O) groups is 1. The third kappa shape index (κ3) is 5.46. The van der Waals surface area contributed by atoms with Gasteiger partial charge in [-0.2, -0.15) is 13.2 Å². The van der Waals surface area contributed by atoms with Crippen molar-refractivity contribution in [3.8, 4) is 0 Å². The highest BCUT2D eigenvalue weighted by molar-refractivity contribution is 5.94. The van der Waals surface area contributed by atoms with Crippen molar-refractivity contribution in [1.29, 1.82) is 0 Å². The molecule has 2 saturated heterocycles. The lowest BCUT2D eigenvalue weighted by Crippen LogP contribution is -2.44. The summed E-state index contributed by atoms with van der Waals surface area (Å²) in [5, 5.41) is 2.96. The molecule has 2 aliphatic rings. The molecule has 0 aliphatic carbocycles. The van der Waals surface area contributed by atoms with Gasteiger partial charge in [0.1, 0.15) is 0 Å². The minimum atomic E-state index is -4.31. The zero-order valence-electron chi connectivity index (χ0n) is 17.3. The summed E-state index contributed by atoms with van der Waals surface area (Å²) in [6.07, 6.45) is -0.740. The molecule has 0 bridgehead atoms. The Morgan fingerprint density at radius 2 is 1.81 bits per heavy atom. The quantitative estimate of drug-likeness (QED) is 0.748. The fourth-order valence-corrected chi connectivity index (χ4v) is 4.53. The van der Waals surface area contributed by atoms with Crippen molar-refractivity contribution in [2.45, 2.75) is 50.1 Å². The van der Waals surface area contributed by atoms with Crippen LogP contribution in [-0.2, 0) is 17.5 Å². The van der Waals surface area contributed by atoms with E-state index in [1.807, 2.05) is 18.2 Å². The lowest BCUT2D eigenvalue weighted by Gasteiger charge is -2.39. The first-order valence-corrected chi connectivity index (χ1v) is 10.7. The van der Waals surface area contributed by atoms with Crippen molar-refractivity contribution in [3.05, 3.63) is 71.3 Å². The number of likely N-dealkylation sites (tertiary alicyclic amines) is 1. The molecule has 2 aromatic carbocycles. The number of amides is 1. The van der Waals surface area contributed by atoms with E-state index in [0.29, 0.717) is 24.2 Å². The van der Waals surface area contributed by atoms with Gasteiger partial charge in [-0.05, 0) is 49.4 Å². The molecule has 1 unspecified atom stereocenters. The lowest BCUT2D eigenvalue weighted by molar-refractivity contribution is -0.137. The molecule has 0 saturated carbocycles. The van der Waals surface area contributed by atoms with E-state index in [9.17, 15) is 18.0 Å². The summed E-state index contributed by atoms with van der Waals surface area (Å²) < 4.78 is 45.2. The van der Waals surface area contributed by atoms with Gasteiger partial charge in [-0.15, -0.1) is 0 Å². The third-order valence-corrected chi connectivity index (χ3v) is 6.29. The molecule has 2 fully saturated rings. The summed E-state index contributed by atoms with van der Waals surface area (Å²) in [6.45, 7) is 2.58. The zero-order chi connectivity index (χ0) is 21.9. The van der Waals surface area contributed by atoms with Crippen LogP contribution in [0.3, 0.4) is 0 Å². The van der Waals surface area contributed by atoms with Crippen molar-refractivity contribution in [2.24, 2.45) is 0 Å². The molecular formula is C24H27F3N2O2. The monoisotopic (exact) mass is 432 g/mol. The number of piperidine rings is 1. The topological polar surface area (TPSA) is 41.6 Å². The number of hydrogen-bond donors (Lipinski definition) is 1. The highest BCUT2D eigenvalue weighted by Gasteiger charge is 2.42. The summed E-state index contributed by atoms with van der Waals surface area (Å²) in [5.74, 6) is -0.0962. The van der Waals surface area contributed by atoms with Crippen molar-refractivity contribution < 1.29 is 22.7 Å². The smallest absolute Gasteiger partial charge is 0.370 e. The minimum Gasteiger partial charge on any atom is -0.370 e. The summed E-state index contributed by atoms with van der Waals surface area (Å²) in [5.41, 5.74) is 0.544. The van der Waals surface area contributed by atoms with E-state index in [1.165, 1.54) is 12.1 Å². The van der Waals surface area contributed by atoms with Crippen LogP contribution in [0.1, 0.15) is 47.2 Å². The highest BCUT2D eigenvalue weighted by Crippen LogP contribution is 2.39. The van der Waals surface area contributed by atoms with Gasteiger partial charge in [-0.25, -0.2) is 0 Å². The van der Waals surface area contributed by atoms with Crippen molar-refractivity contribution >= 4 is 5.91 Å². The predicted octanol–water partition coefficient (Wildman–Crippen LogP) is 4.65. The van der Waals surface area contributed by atoms with Crippen LogP contribution < -0.4 is 5.32 Å². The first kappa shape index (κ1) is 21.8. The van der Waals surface area contributed by atoms with Gasteiger partial charge in [0.25, 0.3) is 5.91 Å². The normalized spacial score (nSPS) is 21.3. The molecule has 2 aliphatic heterocycles. The van der Waals surface area contributed by atoms with Crippen LogP contribution in [-0.4, -0.2) is 42.1 Å². The number of ether oxygens (including phenoxy) is 1. The SMILES string of the molecule is O=C(NCC1CCC2(CCN(Cc3cccc(C(F)(F)F)c3)CC2)O1)c1ccccc1. The maximum Gasteiger partial charge on any atom is 0.416 e. The second-order valence-electron chi connectivity index (χ2n) is 8.51. The number of nitrogens with zero attached hydrogens (tertiary/aromatic N) is 1. The van der Waals surface area contributed by atoms with Gasteiger partial charge in [-0.3, -0.25) is 9.69 Å². The number of rotatable bonds is 5. The lowest BCUT2D eigenvalue weighted by atomic mass is 9.88. The summed E-state index contributed by atoms with van der Waals surface area (Å²) in [7, 11) is 0. The van der Waals surface area contributed by atoms with Gasteiger partial charge in [0, 0.05) is 31.7 Å². The van der Waals surface area contributed by atoms with Gasteiger partial charge in [0.2, 0.25) is 0 Å². The fourth-order valence-electron chi connectivity index (χ4n) is 4.53. The van der Waals surface area contributed by atoms with Crippen LogP contribution in [0.15, 0.2) is 54.6 Å². The average Bonchev–Trinajstić information content (AvgIpc) is 3.17. The Morgan fingerprint density at radius 1 is 1.06 bits per heavy atom. The Bertz CT molecular complexity index is 893. The van der Waals surface area contributed by atoms with Crippen molar-refractivity contribution in [3.63, 3.8) is 0 Å². The second-order valence-corrected chi connectivity index (χ2v) is 8.51. The molecule has 2 aromatic rings. The summed E-state index contributed by atoms with van der Waals surface area (Å²) in [6, 6.07) is 14.7. The van der Waals surface area contributed by atoms with Crippen LogP contribution >= 0.6 is 0 Å². The molecule has 31 heavy (non-hydrogen) atoms. The standard InChI is InChI=1S/C24H27F3N2O2/c25-24(26,27)20-8-4-5-18(15-20)17-29-13-11-23(12-14-29)10-9-21(31-23)16-28-22(30)19-6-2-1-3-7-19/h1-8,15,21H,9-14,16-17H2,(H,28,30). The third-order valence-electron chi connectivity index (χ3n) is 6.29. The average molecular weight is 432 g/mol. The van der Waals surface area contributed by atoms with Gasteiger partial charge in [-0.1, -0.05) is 36.4 Å². The molecule has 4 rings (SSSR count). The number of halogens is 3.